The van der Waals surface area contributed by atoms with Gasteiger partial charge in [0.2, 0.25) is 5.91 Å². The molecule has 0 saturated heterocycles. The van der Waals surface area contributed by atoms with Gasteiger partial charge >= 0.3 is 0 Å². The minimum absolute atomic E-state index is 0.0986. The SMILES string of the molecule is CC(C)COc1cccc2ccc(C(=O)N[C@H]3C4CC5CC3C[C@](C(N)=O)(C5)C4)nc12. The Labute approximate surface area is 182 Å². The Balaban J connectivity index is 1.36. The molecule has 1 heterocycles. The number of para-hydroxylation sites is 1. The van der Waals surface area contributed by atoms with Crippen molar-refractivity contribution >= 4 is 22.7 Å². The van der Waals surface area contributed by atoms with E-state index in [1.165, 1.54) is 0 Å². The fourth-order valence-electron chi connectivity index (χ4n) is 6.41. The first-order chi connectivity index (χ1) is 14.8. The highest BCUT2D eigenvalue weighted by atomic mass is 16.5. The van der Waals surface area contributed by atoms with E-state index in [0.717, 1.165) is 37.5 Å². The van der Waals surface area contributed by atoms with Crippen LogP contribution >= 0.6 is 0 Å². The molecule has 1 aromatic carbocycles. The smallest absolute Gasteiger partial charge is 0.270 e. The van der Waals surface area contributed by atoms with E-state index >= 15 is 0 Å². The monoisotopic (exact) mass is 421 g/mol. The van der Waals surface area contributed by atoms with E-state index in [-0.39, 0.29) is 23.3 Å². The molecule has 4 fully saturated rings. The fourth-order valence-corrected chi connectivity index (χ4v) is 6.41. The summed E-state index contributed by atoms with van der Waals surface area (Å²) in [6.07, 6.45) is 4.70. The Morgan fingerprint density at radius 2 is 1.90 bits per heavy atom. The van der Waals surface area contributed by atoms with Gasteiger partial charge in [-0.15, -0.1) is 0 Å². The van der Waals surface area contributed by atoms with E-state index in [4.69, 9.17) is 10.5 Å². The molecule has 6 heteroatoms. The quantitative estimate of drug-likeness (QED) is 0.744. The van der Waals surface area contributed by atoms with Crippen LogP contribution < -0.4 is 15.8 Å². The van der Waals surface area contributed by atoms with E-state index in [1.807, 2.05) is 24.3 Å². The molecule has 6 nitrogen and oxygen atoms in total. The van der Waals surface area contributed by atoms with Crippen molar-refractivity contribution in [2.45, 2.75) is 52.0 Å². The summed E-state index contributed by atoms with van der Waals surface area (Å²) in [6, 6.07) is 9.64. The number of amides is 2. The van der Waals surface area contributed by atoms with Gasteiger partial charge in [-0.1, -0.05) is 32.0 Å². The van der Waals surface area contributed by atoms with Crippen molar-refractivity contribution in [2.75, 3.05) is 6.61 Å². The first kappa shape index (κ1) is 20.3. The molecule has 2 aromatic rings. The molecule has 4 saturated carbocycles. The van der Waals surface area contributed by atoms with Gasteiger partial charge in [-0.05, 0) is 67.9 Å². The summed E-state index contributed by atoms with van der Waals surface area (Å²) in [5, 5.41) is 4.23. The van der Waals surface area contributed by atoms with Crippen LogP contribution in [-0.4, -0.2) is 29.4 Å². The highest BCUT2D eigenvalue weighted by Gasteiger charge is 2.58. The summed E-state index contributed by atoms with van der Waals surface area (Å²) >= 11 is 0. The first-order valence-electron chi connectivity index (χ1n) is 11.5. The Hall–Kier alpha value is -2.63. The number of carbonyl (C=O) groups excluding carboxylic acids is 2. The largest absolute Gasteiger partial charge is 0.491 e. The Bertz CT molecular complexity index is 1020. The minimum Gasteiger partial charge on any atom is -0.491 e. The van der Waals surface area contributed by atoms with Crippen molar-refractivity contribution in [1.82, 2.24) is 10.3 Å². The van der Waals surface area contributed by atoms with E-state index < -0.39 is 0 Å². The summed E-state index contributed by atoms with van der Waals surface area (Å²) in [5.41, 5.74) is 6.57. The number of rotatable bonds is 6. The lowest BCUT2D eigenvalue weighted by atomic mass is 9.47. The summed E-state index contributed by atoms with van der Waals surface area (Å²) in [7, 11) is 0. The number of nitrogens with one attached hydrogen (secondary N) is 1. The zero-order chi connectivity index (χ0) is 21.8. The van der Waals surface area contributed by atoms with Crippen LogP contribution in [-0.2, 0) is 4.79 Å². The van der Waals surface area contributed by atoms with Crippen LogP contribution in [0.1, 0.15) is 56.4 Å². The van der Waals surface area contributed by atoms with Gasteiger partial charge in [0.1, 0.15) is 17.0 Å². The first-order valence-corrected chi connectivity index (χ1v) is 11.5. The van der Waals surface area contributed by atoms with Gasteiger partial charge in [0.05, 0.1) is 6.61 Å². The van der Waals surface area contributed by atoms with Crippen molar-refractivity contribution < 1.29 is 14.3 Å². The van der Waals surface area contributed by atoms with Crippen LogP contribution in [0.15, 0.2) is 30.3 Å². The minimum atomic E-state index is -0.346. The summed E-state index contributed by atoms with van der Waals surface area (Å²) in [6.45, 7) is 4.81. The molecule has 0 aliphatic heterocycles. The van der Waals surface area contributed by atoms with Gasteiger partial charge in [0.25, 0.3) is 5.91 Å². The molecule has 0 radical (unpaired) electrons. The van der Waals surface area contributed by atoms with Crippen molar-refractivity contribution in [3.05, 3.63) is 36.0 Å². The number of primary amides is 1. The Morgan fingerprint density at radius 3 is 2.58 bits per heavy atom. The average molecular weight is 422 g/mol. The van der Waals surface area contributed by atoms with Crippen LogP contribution in [0.5, 0.6) is 5.75 Å². The van der Waals surface area contributed by atoms with E-state index in [9.17, 15) is 9.59 Å². The van der Waals surface area contributed by atoms with Gasteiger partial charge in [-0.2, -0.15) is 0 Å². The number of ether oxygens (including phenoxy) is 1. The number of hydrogen-bond acceptors (Lipinski definition) is 4. The zero-order valence-corrected chi connectivity index (χ0v) is 18.3. The Morgan fingerprint density at radius 1 is 1.16 bits per heavy atom. The van der Waals surface area contributed by atoms with Crippen LogP contribution in [0.25, 0.3) is 10.9 Å². The number of nitrogens with zero attached hydrogens (tertiary/aromatic N) is 1. The number of carbonyl (C=O) groups is 2. The number of fused-ring (bicyclic) bond motifs is 1. The molecule has 4 aliphatic rings. The van der Waals surface area contributed by atoms with Crippen LogP contribution in [0, 0.1) is 29.1 Å². The van der Waals surface area contributed by atoms with Crippen LogP contribution in [0.3, 0.4) is 0 Å². The predicted molar refractivity (Wildman–Crippen MR) is 119 cm³/mol. The van der Waals surface area contributed by atoms with Gasteiger partial charge in [0.15, 0.2) is 0 Å². The van der Waals surface area contributed by atoms with Crippen molar-refractivity contribution in [3.63, 3.8) is 0 Å². The molecule has 31 heavy (non-hydrogen) atoms. The average Bonchev–Trinajstić information content (AvgIpc) is 2.73. The molecule has 164 valence electrons. The molecule has 2 unspecified atom stereocenters. The lowest BCUT2D eigenvalue weighted by molar-refractivity contribution is -0.145. The zero-order valence-electron chi connectivity index (χ0n) is 18.3. The fraction of sp³-hybridized carbons (Fsp3) is 0.560. The molecular weight excluding hydrogens is 390 g/mol. The summed E-state index contributed by atoms with van der Waals surface area (Å²) in [4.78, 5) is 30.0. The summed E-state index contributed by atoms with van der Waals surface area (Å²) < 4.78 is 5.94. The number of benzene rings is 1. The molecule has 3 N–H and O–H groups in total. The third-order valence-electron chi connectivity index (χ3n) is 7.58. The molecular formula is C25H31N3O3. The van der Waals surface area contributed by atoms with Crippen molar-refractivity contribution in [1.29, 1.82) is 0 Å². The predicted octanol–water partition coefficient (Wildman–Crippen LogP) is 3.68. The van der Waals surface area contributed by atoms with E-state index in [2.05, 4.69) is 24.1 Å². The third-order valence-corrected chi connectivity index (χ3v) is 7.58. The number of aromatic nitrogens is 1. The summed E-state index contributed by atoms with van der Waals surface area (Å²) in [5.74, 6) is 2.04. The number of pyridine rings is 1. The van der Waals surface area contributed by atoms with Crippen LogP contribution in [0.4, 0.5) is 0 Å². The molecule has 6 rings (SSSR count). The van der Waals surface area contributed by atoms with Gasteiger partial charge < -0.3 is 15.8 Å². The van der Waals surface area contributed by atoms with E-state index in [1.54, 1.807) is 6.07 Å². The molecule has 1 aromatic heterocycles. The molecule has 0 spiro atoms. The van der Waals surface area contributed by atoms with Gasteiger partial charge in [0, 0.05) is 16.8 Å². The number of hydrogen-bond donors (Lipinski definition) is 2. The number of nitrogens with two attached hydrogens (primary N) is 1. The van der Waals surface area contributed by atoms with Gasteiger partial charge in [-0.3, -0.25) is 9.59 Å². The van der Waals surface area contributed by atoms with Gasteiger partial charge in [-0.25, -0.2) is 4.98 Å². The second kappa shape index (κ2) is 7.50. The third kappa shape index (κ3) is 3.56. The topological polar surface area (TPSA) is 94.3 Å². The van der Waals surface area contributed by atoms with Crippen molar-refractivity contribution in [2.24, 2.45) is 34.8 Å². The maximum absolute atomic E-state index is 13.2. The standard InChI is InChI=1S/C25H31N3O3/c1-14(2)13-31-20-5-3-4-16-6-7-19(27-22(16)20)23(29)28-21-17-8-15-9-18(21)12-25(10-15,11-17)24(26)30/h3-7,14-15,17-18,21H,8-13H2,1-2H3,(H2,26,30)(H,28,29)/t15?,17?,18?,21-,25-. The Kier molecular flexibility index (Phi) is 4.91. The van der Waals surface area contributed by atoms with E-state index in [0.29, 0.717) is 47.2 Å². The second-order valence-electron chi connectivity index (χ2n) is 10.3. The maximum Gasteiger partial charge on any atom is 0.270 e. The van der Waals surface area contributed by atoms with Crippen molar-refractivity contribution in [3.8, 4) is 5.75 Å². The highest BCUT2D eigenvalue weighted by Crippen LogP contribution is 2.59. The normalized spacial score (nSPS) is 31.2. The molecule has 2 atom stereocenters. The molecule has 4 bridgehead atoms. The van der Waals surface area contributed by atoms with Crippen LogP contribution in [0.2, 0.25) is 0 Å². The second-order valence-corrected chi connectivity index (χ2v) is 10.3. The molecule has 2 amide bonds. The lowest BCUT2D eigenvalue weighted by Crippen LogP contribution is -2.62. The highest BCUT2D eigenvalue weighted by molar-refractivity contribution is 5.96. The molecule has 4 aliphatic carbocycles. The lowest BCUT2D eigenvalue weighted by Gasteiger charge is -2.58. The maximum atomic E-state index is 13.2.